The van der Waals surface area contributed by atoms with E-state index >= 15 is 0 Å². The summed E-state index contributed by atoms with van der Waals surface area (Å²) < 4.78 is 24.8. The lowest BCUT2D eigenvalue weighted by Gasteiger charge is -2.02. The largest absolute Gasteiger partial charge is 0.358 e. The molecule has 7 nitrogen and oxygen atoms in total. The zero-order valence-electron chi connectivity index (χ0n) is 7.44. The van der Waals surface area contributed by atoms with Crippen LogP contribution in [-0.2, 0) is 14.8 Å². The Balaban J connectivity index is 2.65. The first-order valence-electron chi connectivity index (χ1n) is 3.75. The van der Waals surface area contributed by atoms with Gasteiger partial charge in [0, 0.05) is 7.05 Å². The van der Waals surface area contributed by atoms with Crippen molar-refractivity contribution in [2.75, 3.05) is 13.6 Å². The first-order valence-corrected chi connectivity index (χ1v) is 5.23. The van der Waals surface area contributed by atoms with Gasteiger partial charge in [-0.15, -0.1) is 0 Å². The Morgan fingerprint density at radius 2 is 2.36 bits per heavy atom. The normalized spacial score (nSPS) is 11.2. The standard InChI is InChI=1S/C6H10N4O3S/c1-7-5(11)2-10-14(12,13)6-3-8-4-9-6/h3-4,10H,2H2,1H3,(H,7,11)(H,8,9). The number of carbonyl (C=O) groups excluding carboxylic acids is 1. The van der Waals surface area contributed by atoms with Gasteiger partial charge in [-0.25, -0.2) is 18.1 Å². The predicted molar refractivity (Wildman–Crippen MR) is 47.8 cm³/mol. The van der Waals surface area contributed by atoms with Crippen molar-refractivity contribution in [3.05, 3.63) is 12.5 Å². The maximum atomic E-state index is 11.4. The summed E-state index contributed by atoms with van der Waals surface area (Å²) in [6.45, 7) is -0.294. The molecule has 0 aliphatic heterocycles. The van der Waals surface area contributed by atoms with Crippen LogP contribution in [-0.4, -0.2) is 37.9 Å². The molecule has 0 atom stereocenters. The number of nitrogens with zero attached hydrogens (tertiary/aromatic N) is 1. The number of sulfonamides is 1. The first-order chi connectivity index (χ1) is 6.56. The predicted octanol–water partition coefficient (Wildman–Crippen LogP) is -1.57. The van der Waals surface area contributed by atoms with Crippen molar-refractivity contribution in [2.24, 2.45) is 0 Å². The number of amides is 1. The van der Waals surface area contributed by atoms with Crippen LogP contribution in [0.25, 0.3) is 0 Å². The topological polar surface area (TPSA) is 104 Å². The van der Waals surface area contributed by atoms with Crippen molar-refractivity contribution < 1.29 is 13.2 Å². The average molecular weight is 218 g/mol. The molecule has 3 N–H and O–H groups in total. The molecule has 1 rings (SSSR count). The van der Waals surface area contributed by atoms with Crippen molar-refractivity contribution in [2.45, 2.75) is 5.03 Å². The lowest BCUT2D eigenvalue weighted by atomic mass is 10.6. The minimum atomic E-state index is -3.65. The van der Waals surface area contributed by atoms with Gasteiger partial charge in [-0.3, -0.25) is 4.79 Å². The van der Waals surface area contributed by atoms with Gasteiger partial charge in [0.2, 0.25) is 5.91 Å². The molecule has 0 bridgehead atoms. The Labute approximate surface area is 81.0 Å². The summed E-state index contributed by atoms with van der Waals surface area (Å²) in [5, 5.41) is 2.22. The Kier molecular flexibility index (Phi) is 3.20. The van der Waals surface area contributed by atoms with E-state index in [-0.39, 0.29) is 11.6 Å². The number of aromatic amines is 1. The molecule has 8 heteroatoms. The molecule has 0 aliphatic carbocycles. The maximum absolute atomic E-state index is 11.4. The molecule has 14 heavy (non-hydrogen) atoms. The molecule has 1 heterocycles. The van der Waals surface area contributed by atoms with E-state index in [0.29, 0.717) is 0 Å². The lowest BCUT2D eigenvalue weighted by Crippen LogP contribution is -2.35. The highest BCUT2D eigenvalue weighted by molar-refractivity contribution is 7.89. The van der Waals surface area contributed by atoms with E-state index < -0.39 is 15.9 Å². The minimum absolute atomic E-state index is 0.0681. The van der Waals surface area contributed by atoms with E-state index in [9.17, 15) is 13.2 Å². The highest BCUT2D eigenvalue weighted by Gasteiger charge is 2.15. The number of carbonyl (C=O) groups is 1. The van der Waals surface area contributed by atoms with Gasteiger partial charge in [-0.2, -0.15) is 0 Å². The van der Waals surface area contributed by atoms with E-state index in [0.717, 1.165) is 6.20 Å². The SMILES string of the molecule is CNC(=O)CNS(=O)(=O)c1cnc[nH]1. The molecule has 0 saturated carbocycles. The third-order valence-corrected chi connectivity index (χ3v) is 2.79. The number of hydrogen-bond acceptors (Lipinski definition) is 4. The van der Waals surface area contributed by atoms with Crippen LogP contribution in [0.15, 0.2) is 17.6 Å². The third kappa shape index (κ3) is 2.54. The maximum Gasteiger partial charge on any atom is 0.258 e. The van der Waals surface area contributed by atoms with E-state index in [1.54, 1.807) is 0 Å². The van der Waals surface area contributed by atoms with Gasteiger partial charge in [0.05, 0.1) is 19.1 Å². The highest BCUT2D eigenvalue weighted by Crippen LogP contribution is 2.00. The van der Waals surface area contributed by atoms with Gasteiger partial charge < -0.3 is 10.3 Å². The van der Waals surface area contributed by atoms with Crippen LogP contribution in [0.2, 0.25) is 0 Å². The van der Waals surface area contributed by atoms with E-state index in [2.05, 4.69) is 20.0 Å². The van der Waals surface area contributed by atoms with Crippen LogP contribution < -0.4 is 10.0 Å². The molecule has 1 amide bonds. The Morgan fingerprint density at radius 1 is 1.64 bits per heavy atom. The van der Waals surface area contributed by atoms with Gasteiger partial charge in [0.1, 0.15) is 0 Å². The van der Waals surface area contributed by atoms with Gasteiger partial charge >= 0.3 is 0 Å². The van der Waals surface area contributed by atoms with Gasteiger partial charge in [-0.1, -0.05) is 0 Å². The number of nitrogens with one attached hydrogen (secondary N) is 3. The molecular formula is C6H10N4O3S. The molecule has 0 radical (unpaired) electrons. The van der Waals surface area contributed by atoms with Crippen LogP contribution >= 0.6 is 0 Å². The van der Waals surface area contributed by atoms with Crippen LogP contribution in [0.5, 0.6) is 0 Å². The zero-order chi connectivity index (χ0) is 10.6. The molecule has 78 valence electrons. The van der Waals surface area contributed by atoms with Gasteiger partial charge in [-0.05, 0) is 0 Å². The lowest BCUT2D eigenvalue weighted by molar-refractivity contribution is -0.119. The summed E-state index contributed by atoms with van der Waals surface area (Å²) >= 11 is 0. The van der Waals surface area contributed by atoms with Gasteiger partial charge in [0.25, 0.3) is 10.0 Å². The van der Waals surface area contributed by atoms with Crippen LogP contribution in [0.4, 0.5) is 0 Å². The van der Waals surface area contributed by atoms with Crippen LogP contribution in [0.3, 0.4) is 0 Å². The fourth-order valence-electron chi connectivity index (χ4n) is 0.717. The zero-order valence-corrected chi connectivity index (χ0v) is 8.26. The molecule has 0 saturated heterocycles. The highest BCUT2D eigenvalue weighted by atomic mass is 32.2. The molecule has 1 aromatic heterocycles. The van der Waals surface area contributed by atoms with E-state index in [1.165, 1.54) is 13.4 Å². The fraction of sp³-hybridized carbons (Fsp3) is 0.333. The molecular weight excluding hydrogens is 208 g/mol. The van der Waals surface area contributed by atoms with Crippen LogP contribution in [0.1, 0.15) is 0 Å². The molecule has 0 aliphatic rings. The Hall–Kier alpha value is -1.41. The van der Waals surface area contributed by atoms with Crippen molar-refractivity contribution in [1.82, 2.24) is 20.0 Å². The van der Waals surface area contributed by atoms with Crippen molar-refractivity contribution in [1.29, 1.82) is 0 Å². The Morgan fingerprint density at radius 3 is 2.86 bits per heavy atom. The second-order valence-electron chi connectivity index (χ2n) is 2.41. The number of hydrogen-bond donors (Lipinski definition) is 3. The van der Waals surface area contributed by atoms with Crippen molar-refractivity contribution in [3.8, 4) is 0 Å². The number of rotatable bonds is 4. The number of likely N-dealkylation sites (N-methyl/N-ethyl adjacent to an activating group) is 1. The van der Waals surface area contributed by atoms with Crippen LogP contribution in [0, 0.1) is 0 Å². The number of imidazole rings is 1. The quantitative estimate of drug-likeness (QED) is 0.568. The van der Waals surface area contributed by atoms with Crippen molar-refractivity contribution in [3.63, 3.8) is 0 Å². The smallest absolute Gasteiger partial charge is 0.258 e. The summed E-state index contributed by atoms with van der Waals surface area (Å²) in [6.07, 6.45) is 2.40. The summed E-state index contributed by atoms with van der Waals surface area (Å²) in [5.74, 6) is -0.409. The first kappa shape index (κ1) is 10.7. The fourth-order valence-corrected chi connectivity index (χ4v) is 1.60. The van der Waals surface area contributed by atoms with Crippen molar-refractivity contribution >= 4 is 15.9 Å². The summed E-state index contributed by atoms with van der Waals surface area (Å²) in [5.41, 5.74) is 0. The third-order valence-electron chi connectivity index (χ3n) is 1.46. The molecule has 0 aromatic carbocycles. The number of aromatic nitrogens is 2. The average Bonchev–Trinajstić information content (AvgIpc) is 2.67. The molecule has 0 unspecified atom stereocenters. The van der Waals surface area contributed by atoms with E-state index in [1.807, 2.05) is 0 Å². The summed E-state index contributed by atoms with van der Waals surface area (Å²) in [7, 11) is -2.23. The summed E-state index contributed by atoms with van der Waals surface area (Å²) in [6, 6.07) is 0. The number of H-pyrrole nitrogens is 1. The Bertz CT molecular complexity index is 397. The monoisotopic (exact) mass is 218 g/mol. The second-order valence-corrected chi connectivity index (χ2v) is 4.15. The summed E-state index contributed by atoms with van der Waals surface area (Å²) in [4.78, 5) is 16.8. The molecule has 0 spiro atoms. The minimum Gasteiger partial charge on any atom is -0.358 e. The van der Waals surface area contributed by atoms with Gasteiger partial charge in [0.15, 0.2) is 5.03 Å². The second kappa shape index (κ2) is 4.20. The van der Waals surface area contributed by atoms with E-state index in [4.69, 9.17) is 0 Å². The molecule has 1 aromatic rings. The molecule has 0 fully saturated rings.